The average molecular weight is 608 g/mol. The van der Waals surface area contributed by atoms with Gasteiger partial charge < -0.3 is 19.7 Å². The van der Waals surface area contributed by atoms with Crippen molar-refractivity contribution in [2.45, 2.75) is 64.3 Å². The SMILES string of the molecule is CCC(C(=O)NC1CCCC1)N(Cc1cccc(OC)c1)C(=O)CN(c1ccc(OCc2ccccc2)cc1)S(C)(=O)=O. The van der Waals surface area contributed by atoms with E-state index in [4.69, 9.17) is 9.47 Å². The fraction of sp³-hybridized carbons (Fsp3) is 0.394. The molecule has 0 bridgehead atoms. The molecule has 1 N–H and O–H groups in total. The van der Waals surface area contributed by atoms with Crippen molar-refractivity contribution in [3.63, 3.8) is 0 Å². The summed E-state index contributed by atoms with van der Waals surface area (Å²) in [6.07, 6.45) is 5.40. The molecule has 0 saturated heterocycles. The molecule has 1 atom stereocenters. The standard InChI is InChI=1S/C33H41N3O6S/c1-4-31(33(38)34-27-14-8-9-15-27)35(22-26-13-10-16-30(21-26)41-2)32(37)23-36(43(3,39)40)28-17-19-29(20-18-28)42-24-25-11-6-5-7-12-25/h5-7,10-13,16-21,27,31H,4,8-9,14-15,22-24H2,1-3H3,(H,34,38). The van der Waals surface area contributed by atoms with Crippen LogP contribution in [0.15, 0.2) is 78.9 Å². The van der Waals surface area contributed by atoms with Gasteiger partial charge in [0.1, 0.15) is 30.7 Å². The number of benzene rings is 3. The van der Waals surface area contributed by atoms with Gasteiger partial charge in [0.25, 0.3) is 0 Å². The number of carbonyl (C=O) groups is 2. The number of carbonyl (C=O) groups excluding carboxylic acids is 2. The molecule has 0 aliphatic heterocycles. The lowest BCUT2D eigenvalue weighted by molar-refractivity contribution is -0.140. The van der Waals surface area contributed by atoms with Gasteiger partial charge in [0.2, 0.25) is 21.8 Å². The third-order valence-electron chi connectivity index (χ3n) is 7.63. The summed E-state index contributed by atoms with van der Waals surface area (Å²) in [6.45, 7) is 1.89. The highest BCUT2D eigenvalue weighted by Gasteiger charge is 2.33. The van der Waals surface area contributed by atoms with Crippen LogP contribution in [-0.2, 0) is 32.8 Å². The maximum absolute atomic E-state index is 14.0. The highest BCUT2D eigenvalue weighted by Crippen LogP contribution is 2.24. The van der Waals surface area contributed by atoms with Crippen molar-refractivity contribution >= 4 is 27.5 Å². The van der Waals surface area contributed by atoms with E-state index in [-0.39, 0.29) is 18.5 Å². The van der Waals surface area contributed by atoms with Gasteiger partial charge in [0, 0.05) is 12.6 Å². The molecule has 2 amide bonds. The van der Waals surface area contributed by atoms with E-state index < -0.39 is 28.5 Å². The second kappa shape index (κ2) is 14.9. The maximum Gasteiger partial charge on any atom is 0.244 e. The Hall–Kier alpha value is -4.05. The summed E-state index contributed by atoms with van der Waals surface area (Å²) in [5.74, 6) is 0.491. The van der Waals surface area contributed by atoms with Crippen LogP contribution in [0.4, 0.5) is 5.69 Å². The second-order valence-electron chi connectivity index (χ2n) is 10.8. The van der Waals surface area contributed by atoms with E-state index in [1.165, 1.54) is 4.90 Å². The lowest BCUT2D eigenvalue weighted by Gasteiger charge is -2.33. The molecule has 1 saturated carbocycles. The molecule has 0 aromatic heterocycles. The topological polar surface area (TPSA) is 105 Å². The minimum atomic E-state index is -3.85. The number of rotatable bonds is 14. The summed E-state index contributed by atoms with van der Waals surface area (Å²) in [7, 11) is -2.28. The number of hydrogen-bond acceptors (Lipinski definition) is 6. The largest absolute Gasteiger partial charge is 0.497 e. The normalized spacial score (nSPS) is 14.1. The van der Waals surface area contributed by atoms with Crippen LogP contribution in [0.3, 0.4) is 0 Å². The number of methoxy groups -OCH3 is 1. The quantitative estimate of drug-likeness (QED) is 0.279. The Morgan fingerprint density at radius 1 is 0.930 bits per heavy atom. The summed E-state index contributed by atoms with van der Waals surface area (Å²) in [5.41, 5.74) is 2.10. The number of amides is 2. The fourth-order valence-electron chi connectivity index (χ4n) is 5.32. The first-order valence-electron chi connectivity index (χ1n) is 14.6. The van der Waals surface area contributed by atoms with Crippen LogP contribution in [-0.4, -0.2) is 57.1 Å². The van der Waals surface area contributed by atoms with Gasteiger partial charge in [0.15, 0.2) is 0 Å². The molecule has 0 radical (unpaired) electrons. The van der Waals surface area contributed by atoms with Crippen LogP contribution >= 0.6 is 0 Å². The van der Waals surface area contributed by atoms with Gasteiger partial charge in [-0.2, -0.15) is 0 Å². The number of sulfonamides is 1. The van der Waals surface area contributed by atoms with Crippen LogP contribution in [0.2, 0.25) is 0 Å². The first kappa shape index (κ1) is 31.9. The molecule has 43 heavy (non-hydrogen) atoms. The van der Waals surface area contributed by atoms with Gasteiger partial charge in [-0.05, 0) is 66.8 Å². The number of nitrogens with one attached hydrogen (secondary N) is 1. The van der Waals surface area contributed by atoms with E-state index in [0.29, 0.717) is 30.2 Å². The summed E-state index contributed by atoms with van der Waals surface area (Å²) in [6, 6.07) is 22.9. The number of ether oxygens (including phenoxy) is 2. The molecule has 1 unspecified atom stereocenters. The van der Waals surface area contributed by atoms with Crippen molar-refractivity contribution < 1.29 is 27.5 Å². The molecule has 3 aromatic carbocycles. The second-order valence-corrected chi connectivity index (χ2v) is 12.7. The van der Waals surface area contributed by atoms with Crippen molar-refractivity contribution in [2.24, 2.45) is 0 Å². The summed E-state index contributed by atoms with van der Waals surface area (Å²) in [4.78, 5) is 28.9. The molecule has 1 aliphatic rings. The first-order chi connectivity index (χ1) is 20.7. The molecule has 230 valence electrons. The van der Waals surface area contributed by atoms with E-state index in [1.807, 2.05) is 55.5 Å². The first-order valence-corrected chi connectivity index (χ1v) is 16.5. The number of hydrogen-bond donors (Lipinski definition) is 1. The van der Waals surface area contributed by atoms with Crippen LogP contribution < -0.4 is 19.1 Å². The summed E-state index contributed by atoms with van der Waals surface area (Å²) >= 11 is 0. The molecule has 0 spiro atoms. The number of anilines is 1. The van der Waals surface area contributed by atoms with E-state index in [1.54, 1.807) is 37.4 Å². The molecular formula is C33H41N3O6S. The van der Waals surface area contributed by atoms with Crippen molar-refractivity contribution in [1.82, 2.24) is 10.2 Å². The van der Waals surface area contributed by atoms with E-state index >= 15 is 0 Å². The Morgan fingerprint density at radius 3 is 2.23 bits per heavy atom. The van der Waals surface area contributed by atoms with E-state index in [0.717, 1.165) is 47.4 Å². The third kappa shape index (κ3) is 8.97. The minimum Gasteiger partial charge on any atom is -0.497 e. The maximum atomic E-state index is 14.0. The van der Waals surface area contributed by atoms with Crippen molar-refractivity contribution in [1.29, 1.82) is 0 Å². The van der Waals surface area contributed by atoms with Crippen LogP contribution in [0.5, 0.6) is 11.5 Å². The molecule has 4 rings (SSSR count). The van der Waals surface area contributed by atoms with E-state index in [9.17, 15) is 18.0 Å². The molecule has 10 heteroatoms. The van der Waals surface area contributed by atoms with Crippen molar-refractivity contribution in [2.75, 3.05) is 24.2 Å². The average Bonchev–Trinajstić information content (AvgIpc) is 3.52. The predicted molar refractivity (Wildman–Crippen MR) is 167 cm³/mol. The van der Waals surface area contributed by atoms with Crippen LogP contribution in [0.25, 0.3) is 0 Å². The molecule has 1 fully saturated rings. The molecule has 0 heterocycles. The van der Waals surface area contributed by atoms with Crippen LogP contribution in [0, 0.1) is 0 Å². The van der Waals surface area contributed by atoms with Crippen molar-refractivity contribution in [3.8, 4) is 11.5 Å². The Balaban J connectivity index is 1.56. The zero-order chi connectivity index (χ0) is 30.8. The molecule has 1 aliphatic carbocycles. The predicted octanol–water partition coefficient (Wildman–Crippen LogP) is 4.91. The van der Waals surface area contributed by atoms with Crippen molar-refractivity contribution in [3.05, 3.63) is 90.0 Å². The minimum absolute atomic E-state index is 0.0884. The smallest absolute Gasteiger partial charge is 0.244 e. The monoisotopic (exact) mass is 607 g/mol. The Morgan fingerprint density at radius 2 is 1.60 bits per heavy atom. The van der Waals surface area contributed by atoms with Gasteiger partial charge in [0.05, 0.1) is 19.1 Å². The number of nitrogens with zero attached hydrogens (tertiary/aromatic N) is 2. The summed E-state index contributed by atoms with van der Waals surface area (Å²) < 4.78 is 38.2. The zero-order valence-electron chi connectivity index (χ0n) is 25.1. The van der Waals surface area contributed by atoms with Gasteiger partial charge in [-0.15, -0.1) is 0 Å². The third-order valence-corrected chi connectivity index (χ3v) is 8.77. The van der Waals surface area contributed by atoms with Gasteiger partial charge >= 0.3 is 0 Å². The lowest BCUT2D eigenvalue weighted by atomic mass is 10.1. The Kier molecular flexibility index (Phi) is 11.1. The Labute approximate surface area is 254 Å². The van der Waals surface area contributed by atoms with E-state index in [2.05, 4.69) is 5.32 Å². The fourth-order valence-corrected chi connectivity index (χ4v) is 6.17. The summed E-state index contributed by atoms with van der Waals surface area (Å²) in [5, 5.41) is 3.12. The molecular weight excluding hydrogens is 566 g/mol. The highest BCUT2D eigenvalue weighted by atomic mass is 32.2. The molecule has 3 aromatic rings. The van der Waals surface area contributed by atoms with Gasteiger partial charge in [-0.25, -0.2) is 8.42 Å². The van der Waals surface area contributed by atoms with Gasteiger partial charge in [-0.1, -0.05) is 62.2 Å². The van der Waals surface area contributed by atoms with Crippen LogP contribution in [0.1, 0.15) is 50.2 Å². The Bertz CT molecular complexity index is 1460. The zero-order valence-corrected chi connectivity index (χ0v) is 25.9. The molecule has 9 nitrogen and oxygen atoms in total. The lowest BCUT2D eigenvalue weighted by Crippen LogP contribution is -2.53. The highest BCUT2D eigenvalue weighted by molar-refractivity contribution is 7.92. The van der Waals surface area contributed by atoms with Gasteiger partial charge in [-0.3, -0.25) is 13.9 Å².